The van der Waals surface area contributed by atoms with Crippen molar-refractivity contribution in [2.45, 2.75) is 6.42 Å². The summed E-state index contributed by atoms with van der Waals surface area (Å²) in [7, 11) is 1.45. The second kappa shape index (κ2) is 4.03. The Morgan fingerprint density at radius 1 is 1.40 bits per heavy atom. The molecule has 1 aromatic carbocycles. The molecule has 2 rings (SSSR count). The van der Waals surface area contributed by atoms with Crippen LogP contribution in [0.25, 0.3) is 0 Å². The first-order chi connectivity index (χ1) is 7.27. The fourth-order valence-electron chi connectivity index (χ4n) is 1.97. The zero-order valence-electron chi connectivity index (χ0n) is 8.82. The Morgan fingerprint density at radius 2 is 2.07 bits per heavy atom. The second-order valence-corrected chi connectivity index (χ2v) is 4.04. The van der Waals surface area contributed by atoms with Crippen LogP contribution in [0.1, 0.15) is 5.56 Å². The zero-order chi connectivity index (χ0) is 10.7. The number of benzene rings is 1. The topological polar surface area (TPSA) is 38.3 Å². The van der Waals surface area contributed by atoms with Gasteiger partial charge in [-0.3, -0.25) is 4.79 Å². The molecule has 1 saturated heterocycles. The van der Waals surface area contributed by atoms with Crippen molar-refractivity contribution in [1.82, 2.24) is 5.32 Å². The Bertz CT molecular complexity index is 344. The SMILES string of the molecule is COC(=O)C1(Cc2ccccc2)CNC1. The number of nitrogens with one attached hydrogen (secondary N) is 1. The third-order valence-electron chi connectivity index (χ3n) is 2.93. The van der Waals surface area contributed by atoms with Gasteiger partial charge in [0.2, 0.25) is 0 Å². The highest BCUT2D eigenvalue weighted by Gasteiger charge is 2.45. The predicted octanol–water partition coefficient (Wildman–Crippen LogP) is 0.992. The molecule has 0 radical (unpaired) electrons. The van der Waals surface area contributed by atoms with E-state index in [2.05, 4.69) is 5.32 Å². The molecule has 1 aliphatic rings. The lowest BCUT2D eigenvalue weighted by Crippen LogP contribution is -2.59. The molecule has 1 heterocycles. The van der Waals surface area contributed by atoms with Gasteiger partial charge in [-0.2, -0.15) is 0 Å². The van der Waals surface area contributed by atoms with Gasteiger partial charge in [-0.05, 0) is 12.0 Å². The van der Waals surface area contributed by atoms with E-state index < -0.39 is 0 Å². The summed E-state index contributed by atoms with van der Waals surface area (Å²) in [5, 5.41) is 3.14. The quantitative estimate of drug-likeness (QED) is 0.748. The number of methoxy groups -OCH3 is 1. The Hall–Kier alpha value is -1.35. The molecular weight excluding hydrogens is 190 g/mol. The molecule has 0 unspecified atom stereocenters. The van der Waals surface area contributed by atoms with Gasteiger partial charge in [0.1, 0.15) is 0 Å². The van der Waals surface area contributed by atoms with Crippen molar-refractivity contribution in [3.63, 3.8) is 0 Å². The maximum absolute atomic E-state index is 11.7. The van der Waals surface area contributed by atoms with Crippen LogP contribution in [-0.2, 0) is 16.0 Å². The summed E-state index contributed by atoms with van der Waals surface area (Å²) in [6.45, 7) is 1.43. The minimum atomic E-state index is -0.337. The molecule has 3 heteroatoms. The monoisotopic (exact) mass is 205 g/mol. The normalized spacial score (nSPS) is 17.9. The number of rotatable bonds is 3. The number of carbonyl (C=O) groups excluding carboxylic acids is 1. The highest BCUT2D eigenvalue weighted by molar-refractivity contribution is 5.79. The number of hydrogen-bond acceptors (Lipinski definition) is 3. The molecule has 0 atom stereocenters. The fourth-order valence-corrected chi connectivity index (χ4v) is 1.97. The third kappa shape index (κ3) is 1.88. The van der Waals surface area contributed by atoms with E-state index in [1.165, 1.54) is 12.7 Å². The van der Waals surface area contributed by atoms with E-state index in [-0.39, 0.29) is 11.4 Å². The van der Waals surface area contributed by atoms with Gasteiger partial charge in [0, 0.05) is 13.1 Å². The fraction of sp³-hybridized carbons (Fsp3) is 0.417. The molecule has 3 nitrogen and oxygen atoms in total. The van der Waals surface area contributed by atoms with Crippen molar-refractivity contribution in [2.24, 2.45) is 5.41 Å². The lowest BCUT2D eigenvalue weighted by molar-refractivity contribution is -0.156. The average molecular weight is 205 g/mol. The van der Waals surface area contributed by atoms with Crippen LogP contribution < -0.4 is 5.32 Å². The van der Waals surface area contributed by atoms with E-state index >= 15 is 0 Å². The maximum atomic E-state index is 11.7. The highest BCUT2D eigenvalue weighted by atomic mass is 16.5. The van der Waals surface area contributed by atoms with Gasteiger partial charge in [-0.25, -0.2) is 0 Å². The molecule has 0 amide bonds. The standard InChI is InChI=1S/C12H15NO2/c1-15-11(14)12(8-13-9-12)7-10-5-3-2-4-6-10/h2-6,13H,7-9H2,1H3. The van der Waals surface area contributed by atoms with E-state index in [0.29, 0.717) is 13.1 Å². The number of esters is 1. The van der Waals surface area contributed by atoms with Crippen molar-refractivity contribution < 1.29 is 9.53 Å². The Morgan fingerprint density at radius 3 is 2.53 bits per heavy atom. The Labute approximate surface area is 89.4 Å². The maximum Gasteiger partial charge on any atom is 0.314 e. The van der Waals surface area contributed by atoms with Gasteiger partial charge in [-0.15, -0.1) is 0 Å². The van der Waals surface area contributed by atoms with E-state index in [0.717, 1.165) is 6.42 Å². The summed E-state index contributed by atoms with van der Waals surface area (Å²) in [5.41, 5.74) is 0.847. The first kappa shape index (κ1) is 10.2. The van der Waals surface area contributed by atoms with Crippen molar-refractivity contribution in [3.05, 3.63) is 35.9 Å². The van der Waals surface area contributed by atoms with Gasteiger partial charge >= 0.3 is 5.97 Å². The largest absolute Gasteiger partial charge is 0.469 e. The molecule has 0 aliphatic carbocycles. The van der Waals surface area contributed by atoms with Crippen LogP contribution in [0.4, 0.5) is 0 Å². The Balaban J connectivity index is 2.12. The van der Waals surface area contributed by atoms with Crippen LogP contribution in [0.3, 0.4) is 0 Å². The summed E-state index contributed by atoms with van der Waals surface area (Å²) < 4.78 is 4.85. The minimum absolute atomic E-state index is 0.106. The zero-order valence-corrected chi connectivity index (χ0v) is 8.82. The molecule has 0 aromatic heterocycles. The van der Waals surface area contributed by atoms with E-state index in [9.17, 15) is 4.79 Å². The molecule has 80 valence electrons. The Kier molecular flexibility index (Phi) is 2.73. The number of carbonyl (C=O) groups is 1. The van der Waals surface area contributed by atoms with Gasteiger partial charge in [0.15, 0.2) is 0 Å². The van der Waals surface area contributed by atoms with E-state index in [4.69, 9.17) is 4.74 Å². The van der Waals surface area contributed by atoms with Crippen LogP contribution in [0.5, 0.6) is 0 Å². The molecule has 15 heavy (non-hydrogen) atoms. The van der Waals surface area contributed by atoms with Crippen LogP contribution in [0.15, 0.2) is 30.3 Å². The molecule has 1 N–H and O–H groups in total. The molecule has 0 spiro atoms. The van der Waals surface area contributed by atoms with Crippen LogP contribution in [0, 0.1) is 5.41 Å². The summed E-state index contributed by atoms with van der Waals surface area (Å²) >= 11 is 0. The number of ether oxygens (including phenoxy) is 1. The van der Waals surface area contributed by atoms with E-state index in [1.807, 2.05) is 30.3 Å². The smallest absolute Gasteiger partial charge is 0.314 e. The summed E-state index contributed by atoms with van der Waals surface area (Å²) in [4.78, 5) is 11.7. The molecule has 1 fully saturated rings. The number of hydrogen-bond donors (Lipinski definition) is 1. The average Bonchev–Trinajstić information content (AvgIpc) is 2.24. The highest BCUT2D eigenvalue weighted by Crippen LogP contribution is 2.29. The van der Waals surface area contributed by atoms with E-state index in [1.54, 1.807) is 0 Å². The summed E-state index contributed by atoms with van der Waals surface area (Å²) in [6.07, 6.45) is 0.757. The molecule has 0 bridgehead atoms. The first-order valence-corrected chi connectivity index (χ1v) is 5.10. The van der Waals surface area contributed by atoms with Crippen molar-refractivity contribution in [2.75, 3.05) is 20.2 Å². The second-order valence-electron chi connectivity index (χ2n) is 4.04. The summed E-state index contributed by atoms with van der Waals surface area (Å²) in [5.74, 6) is -0.106. The summed E-state index contributed by atoms with van der Waals surface area (Å²) in [6, 6.07) is 10.1. The molecule has 1 aliphatic heterocycles. The van der Waals surface area contributed by atoms with Gasteiger partial charge in [0.05, 0.1) is 12.5 Å². The van der Waals surface area contributed by atoms with Crippen LogP contribution >= 0.6 is 0 Å². The van der Waals surface area contributed by atoms with Crippen molar-refractivity contribution in [1.29, 1.82) is 0 Å². The van der Waals surface area contributed by atoms with Crippen molar-refractivity contribution >= 4 is 5.97 Å². The lowest BCUT2D eigenvalue weighted by atomic mass is 9.76. The minimum Gasteiger partial charge on any atom is -0.469 e. The van der Waals surface area contributed by atoms with Crippen LogP contribution in [-0.4, -0.2) is 26.2 Å². The first-order valence-electron chi connectivity index (χ1n) is 5.10. The third-order valence-corrected chi connectivity index (χ3v) is 2.93. The molecule has 0 saturated carbocycles. The lowest BCUT2D eigenvalue weighted by Gasteiger charge is -2.39. The van der Waals surface area contributed by atoms with Crippen molar-refractivity contribution in [3.8, 4) is 0 Å². The molecule has 1 aromatic rings. The van der Waals surface area contributed by atoms with Gasteiger partial charge < -0.3 is 10.1 Å². The van der Waals surface area contributed by atoms with Gasteiger partial charge in [0.25, 0.3) is 0 Å². The van der Waals surface area contributed by atoms with Crippen LogP contribution in [0.2, 0.25) is 0 Å². The predicted molar refractivity (Wildman–Crippen MR) is 57.5 cm³/mol. The van der Waals surface area contributed by atoms with Gasteiger partial charge in [-0.1, -0.05) is 30.3 Å². The molecular formula is C12H15NO2.